The van der Waals surface area contributed by atoms with E-state index in [0.29, 0.717) is 12.1 Å². The second-order valence-electron chi connectivity index (χ2n) is 2.28. The summed E-state index contributed by atoms with van der Waals surface area (Å²) < 4.78 is 29.8. The lowest BCUT2D eigenvalue weighted by Gasteiger charge is -2.02. The second kappa shape index (κ2) is 3.38. The van der Waals surface area contributed by atoms with Crippen LogP contribution in [0.15, 0.2) is 12.1 Å². The molecule has 0 fully saturated rings. The van der Waals surface area contributed by atoms with Crippen molar-refractivity contribution in [2.75, 3.05) is 7.11 Å². The third-order valence-electron chi connectivity index (χ3n) is 1.42. The monoisotopic (exact) mass is 188 g/mol. The summed E-state index contributed by atoms with van der Waals surface area (Å²) in [6.45, 7) is 0. The number of phenolic OH excluding ortho intramolecular Hbond substituents is 1. The lowest BCUT2D eigenvalue weighted by Crippen LogP contribution is -2.07. The SMILES string of the molecule is COC(=O)c1c(F)cc(O)cc1F. The van der Waals surface area contributed by atoms with Crippen molar-refractivity contribution in [2.24, 2.45) is 0 Å². The maximum Gasteiger partial charge on any atom is 0.343 e. The molecule has 0 aliphatic carbocycles. The van der Waals surface area contributed by atoms with E-state index >= 15 is 0 Å². The Morgan fingerprint density at radius 3 is 2.23 bits per heavy atom. The summed E-state index contributed by atoms with van der Waals surface area (Å²) in [5.74, 6) is -3.99. The van der Waals surface area contributed by atoms with E-state index in [1.807, 2.05) is 0 Å². The highest BCUT2D eigenvalue weighted by atomic mass is 19.1. The Balaban J connectivity index is 3.28. The number of aromatic hydroxyl groups is 1. The lowest BCUT2D eigenvalue weighted by atomic mass is 10.2. The number of carbonyl (C=O) groups is 1. The van der Waals surface area contributed by atoms with E-state index < -0.39 is 28.9 Å². The van der Waals surface area contributed by atoms with Gasteiger partial charge in [-0.1, -0.05) is 0 Å². The Kier molecular flexibility index (Phi) is 2.46. The lowest BCUT2D eigenvalue weighted by molar-refractivity contribution is 0.0590. The molecule has 0 aliphatic heterocycles. The van der Waals surface area contributed by atoms with E-state index in [1.165, 1.54) is 0 Å². The minimum atomic E-state index is -1.15. The molecule has 0 radical (unpaired) electrons. The first-order chi connectivity index (χ1) is 6.06. The molecular formula is C8H6F2O3. The van der Waals surface area contributed by atoms with Crippen LogP contribution in [0.3, 0.4) is 0 Å². The van der Waals surface area contributed by atoms with Gasteiger partial charge >= 0.3 is 5.97 Å². The number of benzene rings is 1. The number of halogens is 2. The predicted molar refractivity (Wildman–Crippen MR) is 39.4 cm³/mol. The van der Waals surface area contributed by atoms with Crippen LogP contribution in [-0.2, 0) is 4.74 Å². The molecule has 70 valence electrons. The van der Waals surface area contributed by atoms with Crippen molar-refractivity contribution in [3.8, 4) is 5.75 Å². The summed E-state index contributed by atoms with van der Waals surface area (Å²) >= 11 is 0. The van der Waals surface area contributed by atoms with Crippen molar-refractivity contribution < 1.29 is 23.4 Å². The van der Waals surface area contributed by atoms with Crippen LogP contribution in [-0.4, -0.2) is 18.2 Å². The summed E-state index contributed by atoms with van der Waals surface area (Å²) in [4.78, 5) is 10.8. The molecular weight excluding hydrogens is 182 g/mol. The fourth-order valence-corrected chi connectivity index (χ4v) is 0.857. The molecule has 0 amide bonds. The number of hydrogen-bond donors (Lipinski definition) is 1. The van der Waals surface area contributed by atoms with Crippen LogP contribution in [0.1, 0.15) is 10.4 Å². The third-order valence-corrected chi connectivity index (χ3v) is 1.42. The van der Waals surface area contributed by atoms with Crippen molar-refractivity contribution in [1.82, 2.24) is 0 Å². The maximum absolute atomic E-state index is 12.8. The average Bonchev–Trinajstić information content (AvgIpc) is 2.02. The van der Waals surface area contributed by atoms with Gasteiger partial charge in [-0.15, -0.1) is 0 Å². The number of methoxy groups -OCH3 is 1. The second-order valence-corrected chi connectivity index (χ2v) is 2.28. The van der Waals surface area contributed by atoms with Crippen LogP contribution in [0.4, 0.5) is 8.78 Å². The summed E-state index contributed by atoms with van der Waals surface area (Å²) in [5.41, 5.74) is -0.805. The highest BCUT2D eigenvalue weighted by Crippen LogP contribution is 2.19. The van der Waals surface area contributed by atoms with Crippen molar-refractivity contribution in [1.29, 1.82) is 0 Å². The third kappa shape index (κ3) is 1.74. The number of phenols is 1. The van der Waals surface area contributed by atoms with E-state index in [0.717, 1.165) is 7.11 Å². The van der Waals surface area contributed by atoms with Gasteiger partial charge in [0.05, 0.1) is 7.11 Å². The van der Waals surface area contributed by atoms with E-state index in [4.69, 9.17) is 5.11 Å². The number of esters is 1. The molecule has 0 saturated heterocycles. The summed E-state index contributed by atoms with van der Waals surface area (Å²) in [6, 6.07) is 1.27. The standard InChI is InChI=1S/C8H6F2O3/c1-13-8(12)7-5(9)2-4(11)3-6(7)10/h2-3,11H,1H3. The average molecular weight is 188 g/mol. The predicted octanol–water partition coefficient (Wildman–Crippen LogP) is 1.46. The van der Waals surface area contributed by atoms with Gasteiger partial charge in [0.25, 0.3) is 0 Å². The van der Waals surface area contributed by atoms with Gasteiger partial charge in [0, 0.05) is 12.1 Å². The fraction of sp³-hybridized carbons (Fsp3) is 0.125. The van der Waals surface area contributed by atoms with E-state index in [9.17, 15) is 13.6 Å². The Bertz CT molecular complexity index is 326. The van der Waals surface area contributed by atoms with E-state index in [1.54, 1.807) is 0 Å². The molecule has 0 aliphatic rings. The maximum atomic E-state index is 12.8. The van der Waals surface area contributed by atoms with Gasteiger partial charge in [-0.25, -0.2) is 13.6 Å². The molecule has 0 bridgehead atoms. The van der Waals surface area contributed by atoms with Crippen molar-refractivity contribution in [3.63, 3.8) is 0 Å². The summed E-state index contributed by atoms with van der Waals surface area (Å²) in [7, 11) is 1.01. The number of carbonyl (C=O) groups excluding carboxylic acids is 1. The van der Waals surface area contributed by atoms with Gasteiger partial charge in [-0.05, 0) is 0 Å². The van der Waals surface area contributed by atoms with Gasteiger partial charge < -0.3 is 9.84 Å². The molecule has 1 N–H and O–H groups in total. The van der Waals surface area contributed by atoms with Crippen LogP contribution < -0.4 is 0 Å². The Hall–Kier alpha value is -1.65. The summed E-state index contributed by atoms with van der Waals surface area (Å²) in [6.07, 6.45) is 0. The first-order valence-corrected chi connectivity index (χ1v) is 3.32. The molecule has 1 rings (SSSR count). The molecule has 0 spiro atoms. The van der Waals surface area contributed by atoms with Crippen LogP contribution in [0.25, 0.3) is 0 Å². The Morgan fingerprint density at radius 2 is 1.85 bits per heavy atom. The molecule has 0 atom stereocenters. The van der Waals surface area contributed by atoms with Crippen molar-refractivity contribution in [3.05, 3.63) is 29.3 Å². The van der Waals surface area contributed by atoms with Crippen LogP contribution >= 0.6 is 0 Å². The summed E-state index contributed by atoms with van der Waals surface area (Å²) in [5, 5.41) is 8.74. The molecule has 13 heavy (non-hydrogen) atoms. The Labute approximate surface area is 72.6 Å². The molecule has 0 heterocycles. The van der Waals surface area contributed by atoms with E-state index in [-0.39, 0.29) is 0 Å². The molecule has 0 saturated carbocycles. The van der Waals surface area contributed by atoms with Crippen LogP contribution in [0.5, 0.6) is 5.75 Å². The largest absolute Gasteiger partial charge is 0.508 e. The minimum absolute atomic E-state index is 0.581. The molecule has 5 heteroatoms. The first-order valence-electron chi connectivity index (χ1n) is 3.32. The van der Waals surface area contributed by atoms with Gasteiger partial charge in [-0.2, -0.15) is 0 Å². The first kappa shape index (κ1) is 9.44. The van der Waals surface area contributed by atoms with Crippen molar-refractivity contribution in [2.45, 2.75) is 0 Å². The fourth-order valence-electron chi connectivity index (χ4n) is 0.857. The van der Waals surface area contributed by atoms with Crippen LogP contribution in [0.2, 0.25) is 0 Å². The molecule has 0 unspecified atom stereocenters. The zero-order valence-electron chi connectivity index (χ0n) is 6.67. The van der Waals surface area contributed by atoms with Gasteiger partial charge in [-0.3, -0.25) is 0 Å². The number of hydrogen-bond acceptors (Lipinski definition) is 3. The quantitative estimate of drug-likeness (QED) is 0.678. The molecule has 1 aromatic rings. The zero-order valence-corrected chi connectivity index (χ0v) is 6.67. The van der Waals surface area contributed by atoms with Crippen molar-refractivity contribution >= 4 is 5.97 Å². The Morgan fingerprint density at radius 1 is 1.38 bits per heavy atom. The van der Waals surface area contributed by atoms with Crippen LogP contribution in [0, 0.1) is 11.6 Å². The normalized spacial score (nSPS) is 9.77. The highest BCUT2D eigenvalue weighted by Gasteiger charge is 2.18. The van der Waals surface area contributed by atoms with Gasteiger partial charge in [0.15, 0.2) is 0 Å². The molecule has 0 aromatic heterocycles. The van der Waals surface area contributed by atoms with Gasteiger partial charge in [0.1, 0.15) is 22.9 Å². The smallest absolute Gasteiger partial charge is 0.343 e. The highest BCUT2D eigenvalue weighted by molar-refractivity contribution is 5.90. The van der Waals surface area contributed by atoms with E-state index in [2.05, 4.69) is 4.74 Å². The molecule has 3 nitrogen and oxygen atoms in total. The number of rotatable bonds is 1. The topological polar surface area (TPSA) is 46.5 Å². The number of ether oxygens (including phenoxy) is 1. The minimum Gasteiger partial charge on any atom is -0.508 e. The zero-order chi connectivity index (χ0) is 10.0. The molecule has 1 aromatic carbocycles. The van der Waals surface area contributed by atoms with Gasteiger partial charge in [0.2, 0.25) is 0 Å².